The molecule has 0 radical (unpaired) electrons. The zero-order chi connectivity index (χ0) is 13.1. The smallest absolute Gasteiger partial charge is 0.317 e. The van der Waals surface area contributed by atoms with E-state index in [0.29, 0.717) is 18.1 Å². The number of benzene rings is 1. The maximum absolute atomic E-state index is 10.7. The molecular formula is C13H16ClNO3. The first kappa shape index (κ1) is 13.2. The lowest BCUT2D eigenvalue weighted by Gasteiger charge is -2.21. The fraction of sp³-hybridized carbons (Fsp3) is 0.462. The summed E-state index contributed by atoms with van der Waals surface area (Å²) >= 11 is 5.93. The first-order valence-electron chi connectivity index (χ1n) is 5.97. The van der Waals surface area contributed by atoms with Crippen molar-refractivity contribution in [1.29, 1.82) is 0 Å². The number of carbonyl (C=O) groups is 1. The predicted molar refractivity (Wildman–Crippen MR) is 69.3 cm³/mol. The monoisotopic (exact) mass is 269 g/mol. The number of fused-ring (bicyclic) bond motifs is 1. The number of rotatable bonds is 5. The Balaban J connectivity index is 1.96. The van der Waals surface area contributed by atoms with E-state index < -0.39 is 5.97 Å². The van der Waals surface area contributed by atoms with E-state index in [-0.39, 0.29) is 12.6 Å². The maximum Gasteiger partial charge on any atom is 0.317 e. The Hall–Kier alpha value is -1.26. The molecule has 1 N–H and O–H groups in total. The number of hydrogen-bond acceptors (Lipinski definition) is 3. The molecule has 0 amide bonds. The lowest BCUT2D eigenvalue weighted by molar-refractivity contribution is -0.138. The highest BCUT2D eigenvalue weighted by Crippen LogP contribution is 2.31. The molecule has 0 saturated heterocycles. The number of carboxylic acids is 1. The fourth-order valence-corrected chi connectivity index (χ4v) is 2.37. The van der Waals surface area contributed by atoms with Crippen LogP contribution in [0.3, 0.4) is 0 Å². The van der Waals surface area contributed by atoms with Crippen LogP contribution in [-0.2, 0) is 11.2 Å². The highest BCUT2D eigenvalue weighted by molar-refractivity contribution is 6.30. The van der Waals surface area contributed by atoms with Crippen LogP contribution in [-0.4, -0.2) is 41.7 Å². The Morgan fingerprint density at radius 3 is 3.06 bits per heavy atom. The number of ether oxygens (including phenoxy) is 1. The third kappa shape index (κ3) is 3.15. The molecule has 0 fully saturated rings. The van der Waals surface area contributed by atoms with Gasteiger partial charge in [-0.1, -0.05) is 18.5 Å². The van der Waals surface area contributed by atoms with Crippen LogP contribution >= 0.6 is 11.6 Å². The van der Waals surface area contributed by atoms with Gasteiger partial charge >= 0.3 is 5.97 Å². The molecule has 1 aromatic rings. The standard InChI is InChI=1S/C13H16ClNO3/c1-2-15(8-13(16)17)7-11-6-9-5-10(14)3-4-12(9)18-11/h3-5,11H,2,6-8H2,1H3,(H,16,17). The molecule has 4 nitrogen and oxygen atoms in total. The highest BCUT2D eigenvalue weighted by Gasteiger charge is 2.25. The molecule has 0 spiro atoms. The molecule has 1 aromatic carbocycles. The number of aliphatic carboxylic acids is 1. The third-order valence-electron chi connectivity index (χ3n) is 3.03. The van der Waals surface area contributed by atoms with Crippen LogP contribution in [0.15, 0.2) is 18.2 Å². The van der Waals surface area contributed by atoms with Crippen molar-refractivity contribution in [2.24, 2.45) is 0 Å². The van der Waals surface area contributed by atoms with Crippen molar-refractivity contribution in [2.75, 3.05) is 19.6 Å². The van der Waals surface area contributed by atoms with Crippen LogP contribution < -0.4 is 4.74 Å². The molecular weight excluding hydrogens is 254 g/mol. The lowest BCUT2D eigenvalue weighted by atomic mass is 10.1. The van der Waals surface area contributed by atoms with Gasteiger partial charge in [0.1, 0.15) is 11.9 Å². The summed E-state index contributed by atoms with van der Waals surface area (Å²) in [6.07, 6.45) is 0.796. The summed E-state index contributed by atoms with van der Waals surface area (Å²) in [5.74, 6) is 0.0474. The fourth-order valence-electron chi connectivity index (χ4n) is 2.18. The molecule has 0 bridgehead atoms. The summed E-state index contributed by atoms with van der Waals surface area (Å²) in [5.41, 5.74) is 1.10. The molecule has 1 heterocycles. The molecule has 98 valence electrons. The van der Waals surface area contributed by atoms with Gasteiger partial charge in [0.2, 0.25) is 0 Å². The first-order chi connectivity index (χ1) is 8.58. The Kier molecular flexibility index (Phi) is 4.09. The Morgan fingerprint density at radius 2 is 2.39 bits per heavy atom. The maximum atomic E-state index is 10.7. The minimum absolute atomic E-state index is 0.0118. The van der Waals surface area contributed by atoms with Gasteiger partial charge in [-0.15, -0.1) is 0 Å². The van der Waals surface area contributed by atoms with E-state index in [1.165, 1.54) is 0 Å². The largest absolute Gasteiger partial charge is 0.488 e. The molecule has 1 unspecified atom stereocenters. The van der Waals surface area contributed by atoms with E-state index in [2.05, 4.69) is 0 Å². The summed E-state index contributed by atoms with van der Waals surface area (Å²) in [6.45, 7) is 3.31. The normalized spacial score (nSPS) is 17.6. The van der Waals surface area contributed by atoms with Gasteiger partial charge in [-0.05, 0) is 30.3 Å². The van der Waals surface area contributed by atoms with Crippen molar-refractivity contribution in [2.45, 2.75) is 19.4 Å². The van der Waals surface area contributed by atoms with Crippen molar-refractivity contribution < 1.29 is 14.6 Å². The zero-order valence-corrected chi connectivity index (χ0v) is 11.0. The average Bonchev–Trinajstić information content (AvgIpc) is 2.68. The number of carboxylic acid groups (broad SMARTS) is 1. The molecule has 0 aliphatic carbocycles. The number of hydrogen-bond donors (Lipinski definition) is 1. The van der Waals surface area contributed by atoms with Crippen LogP contribution in [0.5, 0.6) is 5.75 Å². The van der Waals surface area contributed by atoms with Crippen LogP contribution in [0, 0.1) is 0 Å². The second-order valence-corrected chi connectivity index (χ2v) is 4.85. The molecule has 1 atom stereocenters. The Morgan fingerprint density at radius 1 is 1.61 bits per heavy atom. The van der Waals surface area contributed by atoms with Crippen molar-refractivity contribution >= 4 is 17.6 Å². The van der Waals surface area contributed by atoms with Gasteiger partial charge in [0.15, 0.2) is 0 Å². The molecule has 5 heteroatoms. The van der Waals surface area contributed by atoms with Crippen LogP contribution in [0.1, 0.15) is 12.5 Å². The first-order valence-corrected chi connectivity index (χ1v) is 6.35. The zero-order valence-electron chi connectivity index (χ0n) is 10.2. The van der Waals surface area contributed by atoms with Gasteiger partial charge in [0.25, 0.3) is 0 Å². The van der Waals surface area contributed by atoms with Crippen LogP contribution in [0.25, 0.3) is 0 Å². The van der Waals surface area contributed by atoms with Crippen molar-refractivity contribution in [1.82, 2.24) is 4.90 Å². The average molecular weight is 270 g/mol. The van der Waals surface area contributed by atoms with Crippen molar-refractivity contribution in [3.05, 3.63) is 28.8 Å². The molecule has 1 aliphatic heterocycles. The van der Waals surface area contributed by atoms with Crippen LogP contribution in [0.2, 0.25) is 5.02 Å². The number of nitrogens with zero attached hydrogens (tertiary/aromatic N) is 1. The third-order valence-corrected chi connectivity index (χ3v) is 3.27. The molecule has 0 aromatic heterocycles. The van der Waals surface area contributed by atoms with E-state index in [0.717, 1.165) is 17.7 Å². The molecule has 1 aliphatic rings. The highest BCUT2D eigenvalue weighted by atomic mass is 35.5. The van der Waals surface area contributed by atoms with Crippen molar-refractivity contribution in [3.63, 3.8) is 0 Å². The summed E-state index contributed by atoms with van der Waals surface area (Å²) in [4.78, 5) is 12.6. The van der Waals surface area contributed by atoms with Gasteiger partial charge in [-0.2, -0.15) is 0 Å². The van der Waals surface area contributed by atoms with Gasteiger partial charge in [0, 0.05) is 18.0 Å². The van der Waals surface area contributed by atoms with Gasteiger partial charge in [-0.3, -0.25) is 9.69 Å². The number of likely N-dealkylation sites (N-methyl/N-ethyl adjacent to an activating group) is 1. The second kappa shape index (κ2) is 5.59. The van der Waals surface area contributed by atoms with Gasteiger partial charge in [-0.25, -0.2) is 0 Å². The van der Waals surface area contributed by atoms with E-state index >= 15 is 0 Å². The summed E-state index contributed by atoms with van der Waals surface area (Å²) in [7, 11) is 0. The minimum Gasteiger partial charge on any atom is -0.488 e. The van der Waals surface area contributed by atoms with E-state index in [4.69, 9.17) is 21.4 Å². The molecule has 2 rings (SSSR count). The van der Waals surface area contributed by atoms with E-state index in [1.54, 1.807) is 6.07 Å². The Bertz CT molecular complexity index is 450. The van der Waals surface area contributed by atoms with E-state index in [9.17, 15) is 4.79 Å². The van der Waals surface area contributed by atoms with Crippen LogP contribution in [0.4, 0.5) is 0 Å². The summed E-state index contributed by atoms with van der Waals surface area (Å²) in [5, 5.41) is 9.50. The topological polar surface area (TPSA) is 49.8 Å². The SMILES string of the molecule is CCN(CC(=O)O)CC1Cc2cc(Cl)ccc2O1. The minimum atomic E-state index is -0.810. The Labute approximate surface area is 111 Å². The van der Waals surface area contributed by atoms with E-state index in [1.807, 2.05) is 24.0 Å². The second-order valence-electron chi connectivity index (χ2n) is 4.42. The number of halogens is 1. The quantitative estimate of drug-likeness (QED) is 0.889. The lowest BCUT2D eigenvalue weighted by Crippen LogP contribution is -2.38. The van der Waals surface area contributed by atoms with Gasteiger partial charge in [0.05, 0.1) is 6.54 Å². The summed E-state index contributed by atoms with van der Waals surface area (Å²) in [6, 6.07) is 5.58. The van der Waals surface area contributed by atoms with Gasteiger partial charge < -0.3 is 9.84 Å². The predicted octanol–water partition coefficient (Wildman–Crippen LogP) is 2.05. The molecule has 0 saturated carbocycles. The summed E-state index contributed by atoms with van der Waals surface area (Å²) < 4.78 is 5.78. The molecule has 18 heavy (non-hydrogen) atoms. The van der Waals surface area contributed by atoms with Crippen molar-refractivity contribution in [3.8, 4) is 5.75 Å².